The molecule has 0 saturated carbocycles. The number of pyridine rings is 1. The molecule has 0 radical (unpaired) electrons. The van der Waals surface area contributed by atoms with E-state index in [1.165, 1.54) is 32.6 Å². The van der Waals surface area contributed by atoms with Crippen molar-refractivity contribution >= 4 is 71.8 Å². The van der Waals surface area contributed by atoms with Crippen molar-refractivity contribution in [3.8, 4) is 5.69 Å². The number of anilines is 3. The smallest absolute Gasteiger partial charge is 0.229 e. The standard InChI is InChI=1S/C39H25N3O/c1-2-11-27(12-3-1)41(37-25-24-34-32-15-7-9-17-36(32)43-39(34)40-37)28-19-21-29(22-20-28)42-35-16-8-6-14-31(35)33-23-18-26-10-4-5-13-30(26)38(33)42/h1-25H. The molecule has 9 aromatic rings. The summed E-state index contributed by atoms with van der Waals surface area (Å²) in [6.07, 6.45) is 0. The van der Waals surface area contributed by atoms with E-state index < -0.39 is 0 Å². The van der Waals surface area contributed by atoms with Gasteiger partial charge in [-0.25, -0.2) is 0 Å². The molecule has 6 aromatic carbocycles. The first-order valence-electron chi connectivity index (χ1n) is 14.5. The number of para-hydroxylation sites is 3. The predicted octanol–water partition coefficient (Wildman–Crippen LogP) is 10.7. The zero-order valence-corrected chi connectivity index (χ0v) is 23.2. The van der Waals surface area contributed by atoms with Gasteiger partial charge < -0.3 is 8.98 Å². The first-order valence-corrected chi connectivity index (χ1v) is 14.5. The van der Waals surface area contributed by atoms with E-state index in [0.29, 0.717) is 5.71 Å². The maximum Gasteiger partial charge on any atom is 0.229 e. The Bertz CT molecular complexity index is 2450. The highest BCUT2D eigenvalue weighted by Gasteiger charge is 2.18. The Labute approximate surface area is 247 Å². The lowest BCUT2D eigenvalue weighted by atomic mass is 10.1. The van der Waals surface area contributed by atoms with E-state index in [9.17, 15) is 0 Å². The molecule has 43 heavy (non-hydrogen) atoms. The summed E-state index contributed by atoms with van der Waals surface area (Å²) in [5, 5.41) is 7.08. The van der Waals surface area contributed by atoms with Crippen molar-refractivity contribution in [1.82, 2.24) is 9.55 Å². The summed E-state index contributed by atoms with van der Waals surface area (Å²) in [5.74, 6) is 0.799. The quantitative estimate of drug-likeness (QED) is 0.218. The molecule has 0 aliphatic carbocycles. The summed E-state index contributed by atoms with van der Waals surface area (Å²) in [6.45, 7) is 0. The second-order valence-electron chi connectivity index (χ2n) is 10.8. The maximum atomic E-state index is 6.16. The number of benzene rings is 6. The number of hydrogen-bond donors (Lipinski definition) is 0. The van der Waals surface area contributed by atoms with Gasteiger partial charge in [0.15, 0.2) is 0 Å². The van der Waals surface area contributed by atoms with Crippen LogP contribution in [0.5, 0.6) is 0 Å². The monoisotopic (exact) mass is 551 g/mol. The molecule has 0 aliphatic heterocycles. The van der Waals surface area contributed by atoms with E-state index >= 15 is 0 Å². The third-order valence-electron chi connectivity index (χ3n) is 8.40. The highest BCUT2D eigenvalue weighted by molar-refractivity contribution is 6.18. The molecule has 0 spiro atoms. The van der Waals surface area contributed by atoms with Crippen LogP contribution < -0.4 is 4.90 Å². The molecule has 4 nitrogen and oxygen atoms in total. The summed E-state index contributed by atoms with van der Waals surface area (Å²) in [7, 11) is 0. The zero-order valence-electron chi connectivity index (χ0n) is 23.2. The molecule has 0 amide bonds. The Hall–Kier alpha value is -5.87. The lowest BCUT2D eigenvalue weighted by Crippen LogP contribution is -2.11. The molecular weight excluding hydrogens is 526 g/mol. The third-order valence-corrected chi connectivity index (χ3v) is 8.40. The molecule has 0 fully saturated rings. The fraction of sp³-hybridized carbons (Fsp3) is 0. The van der Waals surface area contributed by atoms with Gasteiger partial charge in [0.2, 0.25) is 5.71 Å². The van der Waals surface area contributed by atoms with E-state index in [0.717, 1.165) is 39.2 Å². The van der Waals surface area contributed by atoms with E-state index in [1.54, 1.807) is 0 Å². The van der Waals surface area contributed by atoms with Gasteiger partial charge in [-0.2, -0.15) is 4.98 Å². The molecule has 0 atom stereocenters. The Kier molecular flexibility index (Phi) is 5.16. The van der Waals surface area contributed by atoms with E-state index in [-0.39, 0.29) is 0 Å². The molecule has 0 saturated heterocycles. The van der Waals surface area contributed by atoms with Gasteiger partial charge in [0, 0.05) is 44.0 Å². The van der Waals surface area contributed by atoms with Crippen LogP contribution >= 0.6 is 0 Å². The highest BCUT2D eigenvalue weighted by atomic mass is 16.3. The zero-order chi connectivity index (χ0) is 28.3. The van der Waals surface area contributed by atoms with Crippen LogP contribution in [-0.2, 0) is 0 Å². The third kappa shape index (κ3) is 3.67. The van der Waals surface area contributed by atoms with Crippen LogP contribution in [0, 0.1) is 0 Å². The van der Waals surface area contributed by atoms with E-state index in [1.807, 2.05) is 24.3 Å². The predicted molar refractivity (Wildman–Crippen MR) is 178 cm³/mol. The largest absolute Gasteiger partial charge is 0.438 e. The van der Waals surface area contributed by atoms with E-state index in [4.69, 9.17) is 9.40 Å². The van der Waals surface area contributed by atoms with Crippen molar-refractivity contribution in [3.05, 3.63) is 152 Å². The number of hydrogen-bond acceptors (Lipinski definition) is 3. The Balaban J connectivity index is 1.23. The van der Waals surface area contributed by atoms with Gasteiger partial charge in [0.05, 0.1) is 11.0 Å². The van der Waals surface area contributed by atoms with Gasteiger partial charge >= 0.3 is 0 Å². The van der Waals surface area contributed by atoms with Crippen LogP contribution in [0.3, 0.4) is 0 Å². The van der Waals surface area contributed by atoms with Gasteiger partial charge in [-0.1, -0.05) is 91.0 Å². The van der Waals surface area contributed by atoms with Gasteiger partial charge in [-0.05, 0) is 66.0 Å². The topological polar surface area (TPSA) is 34.2 Å². The van der Waals surface area contributed by atoms with Crippen molar-refractivity contribution in [1.29, 1.82) is 0 Å². The molecule has 3 heterocycles. The molecule has 3 aromatic heterocycles. The number of fused-ring (bicyclic) bond motifs is 8. The Morgan fingerprint density at radius 2 is 1.16 bits per heavy atom. The van der Waals surface area contributed by atoms with Crippen LogP contribution in [0.15, 0.2) is 156 Å². The minimum Gasteiger partial charge on any atom is -0.438 e. The maximum absolute atomic E-state index is 6.16. The van der Waals surface area contributed by atoms with Gasteiger partial charge in [-0.3, -0.25) is 4.90 Å². The van der Waals surface area contributed by atoms with Gasteiger partial charge in [-0.15, -0.1) is 0 Å². The number of nitrogens with zero attached hydrogens (tertiary/aromatic N) is 3. The molecule has 202 valence electrons. The summed E-state index contributed by atoms with van der Waals surface area (Å²) in [6, 6.07) is 53.2. The second kappa shape index (κ2) is 9.33. The Morgan fingerprint density at radius 1 is 0.488 bits per heavy atom. The number of furan rings is 1. The van der Waals surface area contributed by atoms with E-state index in [2.05, 4.69) is 137 Å². The SMILES string of the molecule is c1ccc(N(c2ccc(-n3c4ccccc4c4ccc5ccccc5c43)cc2)c2ccc3c(n2)oc2ccccc23)cc1. The fourth-order valence-corrected chi connectivity index (χ4v) is 6.46. The Morgan fingerprint density at radius 3 is 2.02 bits per heavy atom. The molecule has 0 aliphatic rings. The minimum absolute atomic E-state index is 0.633. The summed E-state index contributed by atoms with van der Waals surface area (Å²) in [4.78, 5) is 7.19. The number of aromatic nitrogens is 2. The van der Waals surface area contributed by atoms with Crippen molar-refractivity contribution in [3.63, 3.8) is 0 Å². The first kappa shape index (κ1) is 23.8. The van der Waals surface area contributed by atoms with Crippen molar-refractivity contribution in [2.45, 2.75) is 0 Å². The lowest BCUT2D eigenvalue weighted by Gasteiger charge is -2.24. The number of rotatable bonds is 4. The lowest BCUT2D eigenvalue weighted by molar-refractivity contribution is 0.654. The highest BCUT2D eigenvalue weighted by Crippen LogP contribution is 2.39. The molecule has 0 unspecified atom stereocenters. The van der Waals surface area contributed by atoms with Gasteiger partial charge in [0.1, 0.15) is 11.4 Å². The van der Waals surface area contributed by atoms with Crippen LogP contribution in [-0.4, -0.2) is 9.55 Å². The molecular formula is C39H25N3O. The van der Waals surface area contributed by atoms with Crippen LogP contribution in [0.4, 0.5) is 17.2 Å². The van der Waals surface area contributed by atoms with Crippen LogP contribution in [0.25, 0.3) is 60.3 Å². The second-order valence-corrected chi connectivity index (χ2v) is 10.8. The fourth-order valence-electron chi connectivity index (χ4n) is 6.46. The van der Waals surface area contributed by atoms with Gasteiger partial charge in [0.25, 0.3) is 0 Å². The molecule has 0 bridgehead atoms. The summed E-state index contributed by atoms with van der Waals surface area (Å²) >= 11 is 0. The molecule has 0 N–H and O–H groups in total. The van der Waals surface area contributed by atoms with Crippen molar-refractivity contribution in [2.75, 3.05) is 4.90 Å². The summed E-state index contributed by atoms with van der Waals surface area (Å²) in [5.41, 5.74) is 7.05. The first-order chi connectivity index (χ1) is 21.3. The molecule has 9 rings (SSSR count). The summed E-state index contributed by atoms with van der Waals surface area (Å²) < 4.78 is 8.55. The van der Waals surface area contributed by atoms with Crippen LogP contribution in [0.1, 0.15) is 0 Å². The average Bonchev–Trinajstić information content (AvgIpc) is 3.61. The molecule has 4 heteroatoms. The normalized spacial score (nSPS) is 11.7. The van der Waals surface area contributed by atoms with Crippen molar-refractivity contribution < 1.29 is 4.42 Å². The van der Waals surface area contributed by atoms with Crippen LogP contribution in [0.2, 0.25) is 0 Å². The van der Waals surface area contributed by atoms with Crippen molar-refractivity contribution in [2.24, 2.45) is 0 Å². The minimum atomic E-state index is 0.633. The average molecular weight is 552 g/mol.